The molecule has 0 aromatic heterocycles. The molecule has 0 rings (SSSR count). The summed E-state index contributed by atoms with van der Waals surface area (Å²) in [6, 6.07) is 0. The van der Waals surface area contributed by atoms with Gasteiger partial charge in [0.1, 0.15) is 13.2 Å². The van der Waals surface area contributed by atoms with Gasteiger partial charge in [-0.05, 0) is 103 Å². The number of hydrogen-bond donors (Lipinski definition) is 0. The third-order valence-electron chi connectivity index (χ3n) is 10.5. The maximum absolute atomic E-state index is 12.7. The van der Waals surface area contributed by atoms with Crippen molar-refractivity contribution in [2.75, 3.05) is 13.2 Å². The minimum absolute atomic E-state index is 0.0851. The molecule has 6 nitrogen and oxygen atoms in total. The van der Waals surface area contributed by atoms with E-state index in [1.807, 2.05) is 0 Å². The Morgan fingerprint density at radius 1 is 0.345 bits per heavy atom. The molecule has 0 unspecified atom stereocenters. The highest BCUT2D eigenvalue weighted by atomic mass is 16.6. The van der Waals surface area contributed by atoms with Gasteiger partial charge in [0.15, 0.2) is 6.10 Å². The van der Waals surface area contributed by atoms with Crippen LogP contribution in [0.15, 0.2) is 48.6 Å². The molecule has 0 aliphatic rings. The van der Waals surface area contributed by atoms with E-state index in [0.717, 1.165) is 96.3 Å². The first kappa shape index (κ1) is 55.4. The van der Waals surface area contributed by atoms with Gasteiger partial charge in [-0.25, -0.2) is 0 Å². The molecule has 0 aromatic rings. The summed E-state index contributed by atoms with van der Waals surface area (Å²) in [4.78, 5) is 37.8. The first-order valence-corrected chi connectivity index (χ1v) is 24.6. The maximum Gasteiger partial charge on any atom is 0.306 e. The lowest BCUT2D eigenvalue weighted by atomic mass is 10.1. The van der Waals surface area contributed by atoms with Crippen molar-refractivity contribution in [2.24, 2.45) is 0 Å². The number of allylic oxidation sites excluding steroid dienone is 8. The standard InChI is InChI=1S/C52H92O6/c1-4-7-10-13-16-19-22-25-26-28-30-33-36-39-42-45-51(54)57-48-49(47-56-50(53)44-41-38-35-32-29-24-21-18-15-12-9-6-3)58-52(55)46-43-40-37-34-31-27-23-20-17-14-11-8-5-2/h16,18-21,23,25-26,49H,4-15,17,22,24,27-48H2,1-3H3/b19-16-,21-18-,23-20-,26-25-/t49-/m1/s1. The van der Waals surface area contributed by atoms with E-state index in [-0.39, 0.29) is 31.1 Å². The highest BCUT2D eigenvalue weighted by molar-refractivity contribution is 5.71. The molecule has 0 saturated carbocycles. The van der Waals surface area contributed by atoms with Gasteiger partial charge < -0.3 is 14.2 Å². The molecule has 0 bridgehead atoms. The van der Waals surface area contributed by atoms with E-state index in [1.54, 1.807) is 0 Å². The van der Waals surface area contributed by atoms with Crippen molar-refractivity contribution < 1.29 is 28.6 Å². The molecule has 0 N–H and O–H groups in total. The molecule has 0 aliphatic carbocycles. The smallest absolute Gasteiger partial charge is 0.306 e. The Bertz CT molecular complexity index is 1030. The molecule has 0 aromatic carbocycles. The Labute approximate surface area is 358 Å². The monoisotopic (exact) mass is 813 g/mol. The van der Waals surface area contributed by atoms with Crippen molar-refractivity contribution in [3.63, 3.8) is 0 Å². The maximum atomic E-state index is 12.7. The number of carbonyl (C=O) groups excluding carboxylic acids is 3. The van der Waals surface area contributed by atoms with E-state index < -0.39 is 6.10 Å². The van der Waals surface area contributed by atoms with Crippen LogP contribution in [0.1, 0.15) is 245 Å². The summed E-state index contributed by atoms with van der Waals surface area (Å²) >= 11 is 0. The molecule has 1 atom stereocenters. The summed E-state index contributed by atoms with van der Waals surface area (Å²) in [5.74, 6) is -0.914. The first-order chi connectivity index (χ1) is 28.5. The molecule has 0 fully saturated rings. The normalized spacial score (nSPS) is 12.4. The molecule has 6 heteroatoms. The van der Waals surface area contributed by atoms with Gasteiger partial charge in [-0.2, -0.15) is 0 Å². The Kier molecular flexibility index (Phi) is 44.9. The van der Waals surface area contributed by atoms with Gasteiger partial charge in [0, 0.05) is 19.3 Å². The number of carbonyl (C=O) groups is 3. The zero-order valence-corrected chi connectivity index (χ0v) is 38.3. The Balaban J connectivity index is 4.41. The predicted molar refractivity (Wildman–Crippen MR) is 247 cm³/mol. The van der Waals surface area contributed by atoms with Gasteiger partial charge in [-0.3, -0.25) is 14.4 Å². The van der Waals surface area contributed by atoms with Gasteiger partial charge in [0.05, 0.1) is 0 Å². The quantitative estimate of drug-likeness (QED) is 0.0264. The van der Waals surface area contributed by atoms with Crippen molar-refractivity contribution in [3.8, 4) is 0 Å². The Morgan fingerprint density at radius 3 is 1.00 bits per heavy atom. The number of unbranched alkanes of at least 4 members (excludes halogenated alkanes) is 25. The van der Waals surface area contributed by atoms with Crippen LogP contribution in [-0.4, -0.2) is 37.2 Å². The molecule has 0 amide bonds. The molecule has 0 aliphatic heterocycles. The van der Waals surface area contributed by atoms with Crippen LogP contribution in [0.25, 0.3) is 0 Å². The zero-order chi connectivity index (χ0) is 42.3. The number of rotatable bonds is 44. The molecule has 0 saturated heterocycles. The SMILES string of the molecule is CCCCC/C=C\C/C=C\CCCCCCCC(=O)OC[C@@H](COC(=O)CCCCCCC/C=C\CCCCC)OC(=O)CCCCCCC/C=C\CCCCCC. The fraction of sp³-hybridized carbons (Fsp3) is 0.788. The predicted octanol–water partition coefficient (Wildman–Crippen LogP) is 15.9. The lowest BCUT2D eigenvalue weighted by molar-refractivity contribution is -0.167. The van der Waals surface area contributed by atoms with Crippen LogP contribution in [0.3, 0.4) is 0 Å². The Hall–Kier alpha value is -2.63. The van der Waals surface area contributed by atoms with Crippen molar-refractivity contribution in [1.29, 1.82) is 0 Å². The highest BCUT2D eigenvalue weighted by Crippen LogP contribution is 2.13. The summed E-state index contributed by atoms with van der Waals surface area (Å²) in [5, 5.41) is 0. The molecule has 336 valence electrons. The van der Waals surface area contributed by atoms with Gasteiger partial charge in [0.2, 0.25) is 0 Å². The number of esters is 3. The molecule has 58 heavy (non-hydrogen) atoms. The molecular formula is C52H92O6. The fourth-order valence-corrected chi connectivity index (χ4v) is 6.75. The molecule has 0 radical (unpaired) electrons. The zero-order valence-electron chi connectivity index (χ0n) is 38.3. The van der Waals surface area contributed by atoms with Crippen LogP contribution >= 0.6 is 0 Å². The van der Waals surface area contributed by atoms with E-state index in [4.69, 9.17) is 14.2 Å². The third kappa shape index (κ3) is 44.5. The Morgan fingerprint density at radius 2 is 0.621 bits per heavy atom. The summed E-state index contributed by atoms with van der Waals surface area (Å²) < 4.78 is 16.7. The van der Waals surface area contributed by atoms with Crippen LogP contribution in [0.2, 0.25) is 0 Å². The molecule has 0 heterocycles. The van der Waals surface area contributed by atoms with Crippen LogP contribution in [-0.2, 0) is 28.6 Å². The summed E-state index contributed by atoms with van der Waals surface area (Å²) in [5.41, 5.74) is 0. The van der Waals surface area contributed by atoms with E-state index in [0.29, 0.717) is 19.3 Å². The second-order valence-corrected chi connectivity index (χ2v) is 16.4. The van der Waals surface area contributed by atoms with Gasteiger partial charge in [-0.15, -0.1) is 0 Å². The summed E-state index contributed by atoms with van der Waals surface area (Å²) in [6.45, 7) is 6.54. The highest BCUT2D eigenvalue weighted by Gasteiger charge is 2.19. The van der Waals surface area contributed by atoms with Gasteiger partial charge in [0.25, 0.3) is 0 Å². The van der Waals surface area contributed by atoms with Crippen LogP contribution in [0.4, 0.5) is 0 Å². The van der Waals surface area contributed by atoms with Crippen molar-refractivity contribution in [2.45, 2.75) is 252 Å². The largest absolute Gasteiger partial charge is 0.462 e. The van der Waals surface area contributed by atoms with Gasteiger partial charge >= 0.3 is 17.9 Å². The van der Waals surface area contributed by atoms with Crippen molar-refractivity contribution in [1.82, 2.24) is 0 Å². The number of ether oxygens (including phenoxy) is 3. The van der Waals surface area contributed by atoms with Gasteiger partial charge in [-0.1, -0.05) is 172 Å². The van der Waals surface area contributed by atoms with Crippen molar-refractivity contribution in [3.05, 3.63) is 48.6 Å². The average molecular weight is 813 g/mol. The van der Waals surface area contributed by atoms with E-state index in [1.165, 1.54) is 109 Å². The summed E-state index contributed by atoms with van der Waals surface area (Å²) in [7, 11) is 0. The molecular weight excluding hydrogens is 721 g/mol. The number of hydrogen-bond acceptors (Lipinski definition) is 6. The van der Waals surface area contributed by atoms with E-state index in [2.05, 4.69) is 69.4 Å². The second-order valence-electron chi connectivity index (χ2n) is 16.4. The van der Waals surface area contributed by atoms with Crippen LogP contribution in [0.5, 0.6) is 0 Å². The second kappa shape index (κ2) is 47.1. The topological polar surface area (TPSA) is 78.9 Å². The van der Waals surface area contributed by atoms with E-state index in [9.17, 15) is 14.4 Å². The third-order valence-corrected chi connectivity index (χ3v) is 10.5. The van der Waals surface area contributed by atoms with E-state index >= 15 is 0 Å². The van der Waals surface area contributed by atoms with Crippen molar-refractivity contribution >= 4 is 17.9 Å². The lowest BCUT2D eigenvalue weighted by Crippen LogP contribution is -2.30. The average Bonchev–Trinajstić information content (AvgIpc) is 3.22. The minimum Gasteiger partial charge on any atom is -0.462 e. The molecule has 0 spiro atoms. The lowest BCUT2D eigenvalue weighted by Gasteiger charge is -2.18. The summed E-state index contributed by atoms with van der Waals surface area (Å²) in [6.07, 6.45) is 55.1. The van der Waals surface area contributed by atoms with Crippen LogP contribution in [0, 0.1) is 0 Å². The first-order valence-electron chi connectivity index (χ1n) is 24.6. The van der Waals surface area contributed by atoms with Crippen LogP contribution < -0.4 is 0 Å². The minimum atomic E-state index is -0.784. The fourth-order valence-electron chi connectivity index (χ4n) is 6.75.